The van der Waals surface area contributed by atoms with Crippen molar-refractivity contribution in [3.8, 4) is 28.5 Å². The van der Waals surface area contributed by atoms with Gasteiger partial charge in [0.15, 0.2) is 5.82 Å². The standard InChI is InChI=1S/C38H40FN9O3/c1-24(2)51-33-9-5-27(20-40-33)35-30-19-28(6-8-32(30)42-43-35)48-17-13-38(37(48)50)12-16-46(22-38)21-34(49)47-14-10-25(11-15-47)26-4-7-29(31(39)18-26)36-41-23-45(3)44-36/h4-10,18-20,23-24H,11-17,21-22H2,1-3H3,(H,42,43). The fraction of sp³-hybridized carbons (Fsp3) is 0.368. The van der Waals surface area contributed by atoms with Gasteiger partial charge in [0.1, 0.15) is 17.8 Å². The number of H-pyrrole nitrogens is 1. The van der Waals surface area contributed by atoms with E-state index in [0.717, 1.165) is 51.8 Å². The van der Waals surface area contributed by atoms with E-state index in [9.17, 15) is 14.0 Å². The molecule has 0 aliphatic carbocycles. The van der Waals surface area contributed by atoms with E-state index in [2.05, 4.69) is 30.2 Å². The first-order valence-corrected chi connectivity index (χ1v) is 17.4. The van der Waals surface area contributed by atoms with Gasteiger partial charge in [-0.2, -0.15) is 10.2 Å². The van der Waals surface area contributed by atoms with Crippen molar-refractivity contribution in [2.75, 3.05) is 44.2 Å². The van der Waals surface area contributed by atoms with Crippen molar-refractivity contribution < 1.29 is 18.7 Å². The summed E-state index contributed by atoms with van der Waals surface area (Å²) in [6.45, 7) is 7.12. The van der Waals surface area contributed by atoms with Gasteiger partial charge in [-0.15, -0.1) is 0 Å². The maximum atomic E-state index is 15.0. The topological polar surface area (TPSA) is 125 Å². The number of anilines is 1. The Balaban J connectivity index is 0.894. The molecule has 0 saturated carbocycles. The molecule has 6 heterocycles. The maximum absolute atomic E-state index is 15.0. The van der Waals surface area contributed by atoms with Gasteiger partial charge in [0, 0.05) is 62.1 Å². The third kappa shape index (κ3) is 6.26. The smallest absolute Gasteiger partial charge is 0.237 e. The van der Waals surface area contributed by atoms with E-state index in [4.69, 9.17) is 4.74 Å². The normalized spacial score (nSPS) is 19.5. The highest BCUT2D eigenvalue weighted by Gasteiger charge is 2.51. The number of likely N-dealkylation sites (tertiary alicyclic amines) is 1. The maximum Gasteiger partial charge on any atom is 0.237 e. The fourth-order valence-electron chi connectivity index (χ4n) is 7.57. The SMILES string of the molecule is CC(C)Oc1ccc(-c2n[nH]c3ccc(N4CCC5(CCN(CC(=O)N6CC=C(c7ccc(-c8ncn(C)n8)c(F)c7)CC6)C5)C4=O)cc23)cn1. The molecule has 13 heteroatoms. The molecule has 262 valence electrons. The predicted octanol–water partition coefficient (Wildman–Crippen LogP) is 5.09. The monoisotopic (exact) mass is 689 g/mol. The second kappa shape index (κ2) is 13.0. The minimum absolute atomic E-state index is 0.0353. The number of halogens is 1. The number of fused-ring (bicyclic) bond motifs is 1. The van der Waals surface area contributed by atoms with Crippen LogP contribution in [0.2, 0.25) is 0 Å². The highest BCUT2D eigenvalue weighted by molar-refractivity contribution is 6.03. The summed E-state index contributed by atoms with van der Waals surface area (Å²) in [7, 11) is 1.75. The molecule has 5 aromatic rings. The van der Waals surface area contributed by atoms with Crippen LogP contribution in [0.4, 0.5) is 10.1 Å². The number of nitrogens with zero attached hydrogens (tertiary/aromatic N) is 8. The van der Waals surface area contributed by atoms with Crippen molar-refractivity contribution in [2.24, 2.45) is 12.5 Å². The highest BCUT2D eigenvalue weighted by atomic mass is 19.1. The van der Waals surface area contributed by atoms with E-state index < -0.39 is 5.41 Å². The number of pyridine rings is 1. The number of hydrogen-bond acceptors (Lipinski definition) is 8. The molecule has 2 amide bonds. The third-order valence-electron chi connectivity index (χ3n) is 10.3. The molecule has 3 aliphatic heterocycles. The number of aromatic nitrogens is 6. The predicted molar refractivity (Wildman–Crippen MR) is 191 cm³/mol. The van der Waals surface area contributed by atoms with Gasteiger partial charge in [0.2, 0.25) is 17.7 Å². The van der Waals surface area contributed by atoms with Crippen LogP contribution in [0.15, 0.2) is 67.1 Å². The second-order valence-electron chi connectivity index (χ2n) is 14.1. The molecular weight excluding hydrogens is 649 g/mol. The van der Waals surface area contributed by atoms with E-state index in [1.54, 1.807) is 30.3 Å². The van der Waals surface area contributed by atoms with Crippen LogP contribution in [-0.2, 0) is 16.6 Å². The van der Waals surface area contributed by atoms with Crippen molar-refractivity contribution in [3.05, 3.63) is 78.5 Å². The summed E-state index contributed by atoms with van der Waals surface area (Å²) >= 11 is 0. The van der Waals surface area contributed by atoms with E-state index in [1.165, 1.54) is 6.07 Å². The Hall–Kier alpha value is -5.43. The van der Waals surface area contributed by atoms with Gasteiger partial charge in [0.05, 0.1) is 29.1 Å². The van der Waals surface area contributed by atoms with E-state index >= 15 is 0 Å². The Morgan fingerprint density at radius 3 is 2.61 bits per heavy atom. The summed E-state index contributed by atoms with van der Waals surface area (Å²) in [5.74, 6) is 0.700. The summed E-state index contributed by atoms with van der Waals surface area (Å²) in [6, 6.07) is 14.9. The molecule has 1 atom stereocenters. The zero-order valence-corrected chi connectivity index (χ0v) is 29.0. The summed E-state index contributed by atoms with van der Waals surface area (Å²) in [6.07, 6.45) is 7.46. The molecule has 2 aromatic carbocycles. The molecule has 3 aliphatic rings. The molecule has 1 spiro atoms. The molecule has 0 bridgehead atoms. The highest BCUT2D eigenvalue weighted by Crippen LogP contribution is 2.43. The van der Waals surface area contributed by atoms with Gasteiger partial charge in [-0.1, -0.05) is 12.1 Å². The third-order valence-corrected chi connectivity index (χ3v) is 10.3. The molecule has 0 radical (unpaired) electrons. The minimum atomic E-state index is -0.499. The number of aromatic amines is 1. The number of aryl methyl sites for hydroxylation is 1. The Kier molecular flexibility index (Phi) is 8.37. The summed E-state index contributed by atoms with van der Waals surface area (Å²) < 4.78 is 22.2. The van der Waals surface area contributed by atoms with Crippen LogP contribution >= 0.6 is 0 Å². The van der Waals surface area contributed by atoms with Crippen LogP contribution in [0.3, 0.4) is 0 Å². The first kappa shape index (κ1) is 32.8. The zero-order chi connectivity index (χ0) is 35.3. The zero-order valence-electron chi connectivity index (χ0n) is 29.0. The van der Waals surface area contributed by atoms with Crippen LogP contribution in [0.1, 0.15) is 38.7 Å². The van der Waals surface area contributed by atoms with E-state index in [-0.39, 0.29) is 30.3 Å². The number of ether oxygens (including phenoxy) is 1. The number of amides is 2. The van der Waals surface area contributed by atoms with Crippen LogP contribution in [0, 0.1) is 11.2 Å². The van der Waals surface area contributed by atoms with Crippen molar-refractivity contribution >= 4 is 34.0 Å². The largest absolute Gasteiger partial charge is 0.475 e. The molecule has 12 nitrogen and oxygen atoms in total. The second-order valence-corrected chi connectivity index (χ2v) is 14.1. The Bertz CT molecular complexity index is 2160. The van der Waals surface area contributed by atoms with E-state index in [0.29, 0.717) is 56.4 Å². The van der Waals surface area contributed by atoms with Crippen LogP contribution in [-0.4, -0.2) is 96.9 Å². The van der Waals surface area contributed by atoms with Crippen molar-refractivity contribution in [1.29, 1.82) is 0 Å². The quantitative estimate of drug-likeness (QED) is 0.239. The average molecular weight is 690 g/mol. The van der Waals surface area contributed by atoms with Gasteiger partial charge in [-0.3, -0.25) is 24.3 Å². The summed E-state index contributed by atoms with van der Waals surface area (Å²) in [5.41, 5.74) is 5.03. The van der Waals surface area contributed by atoms with E-state index in [1.807, 2.05) is 66.1 Å². The number of nitrogens with one attached hydrogen (secondary N) is 1. The van der Waals surface area contributed by atoms with Gasteiger partial charge >= 0.3 is 0 Å². The lowest BCUT2D eigenvalue weighted by atomic mass is 9.85. The molecular formula is C38H40FN9O3. The lowest BCUT2D eigenvalue weighted by Crippen LogP contribution is -2.43. The van der Waals surface area contributed by atoms with Crippen LogP contribution < -0.4 is 9.64 Å². The number of hydrogen-bond donors (Lipinski definition) is 1. The summed E-state index contributed by atoms with van der Waals surface area (Å²) in [4.78, 5) is 41.9. The fourth-order valence-corrected chi connectivity index (χ4v) is 7.57. The van der Waals surface area contributed by atoms with Crippen molar-refractivity contribution in [1.82, 2.24) is 39.7 Å². The number of rotatable bonds is 8. The molecule has 8 rings (SSSR count). The number of carbonyl (C=O) groups excluding carboxylic acids is 2. The van der Waals surface area contributed by atoms with Gasteiger partial charge < -0.3 is 14.5 Å². The summed E-state index contributed by atoms with van der Waals surface area (Å²) in [5, 5.41) is 12.8. The first-order chi connectivity index (χ1) is 24.7. The Morgan fingerprint density at radius 2 is 1.88 bits per heavy atom. The Labute approximate surface area is 294 Å². The molecule has 1 N–H and O–H groups in total. The van der Waals surface area contributed by atoms with Crippen molar-refractivity contribution in [2.45, 2.75) is 39.2 Å². The van der Waals surface area contributed by atoms with Gasteiger partial charge in [-0.25, -0.2) is 14.4 Å². The van der Waals surface area contributed by atoms with Crippen LogP contribution in [0.5, 0.6) is 5.88 Å². The van der Waals surface area contributed by atoms with Crippen molar-refractivity contribution in [3.63, 3.8) is 0 Å². The molecule has 3 aromatic heterocycles. The lowest BCUT2D eigenvalue weighted by molar-refractivity contribution is -0.132. The minimum Gasteiger partial charge on any atom is -0.475 e. The molecule has 1 unspecified atom stereocenters. The average Bonchev–Trinajstić information content (AvgIpc) is 3.92. The lowest BCUT2D eigenvalue weighted by Gasteiger charge is -2.29. The Morgan fingerprint density at radius 1 is 1.04 bits per heavy atom. The van der Waals surface area contributed by atoms with Gasteiger partial charge in [-0.05, 0) is 87.2 Å². The first-order valence-electron chi connectivity index (χ1n) is 17.4. The number of carbonyl (C=O) groups is 2. The molecule has 2 fully saturated rings. The molecule has 51 heavy (non-hydrogen) atoms. The van der Waals surface area contributed by atoms with Crippen LogP contribution in [0.25, 0.3) is 39.1 Å². The molecule has 2 saturated heterocycles. The number of benzene rings is 2. The van der Waals surface area contributed by atoms with Gasteiger partial charge in [0.25, 0.3) is 0 Å².